The average Bonchev–Trinajstić information content (AvgIpc) is 2.60. The fourth-order valence-electron chi connectivity index (χ4n) is 1.70. The standard InChI is InChI=1S/C11H14INO/c12-5-6-13-8-10-7-9-3-1-2-4-11(9)14-10/h1-4,10,13H,5-8H2. The van der Waals surface area contributed by atoms with E-state index in [-0.39, 0.29) is 0 Å². The van der Waals surface area contributed by atoms with Crippen LogP contribution in [0.5, 0.6) is 5.75 Å². The second kappa shape index (κ2) is 4.98. The molecule has 14 heavy (non-hydrogen) atoms. The summed E-state index contributed by atoms with van der Waals surface area (Å²) in [5.74, 6) is 1.06. The van der Waals surface area contributed by atoms with Crippen LogP contribution in [0, 0.1) is 0 Å². The van der Waals surface area contributed by atoms with Crippen LogP contribution in [-0.2, 0) is 6.42 Å². The molecule has 1 unspecified atom stereocenters. The number of hydrogen-bond donors (Lipinski definition) is 1. The number of fused-ring (bicyclic) bond motifs is 1. The maximum atomic E-state index is 5.79. The Morgan fingerprint density at radius 2 is 2.29 bits per heavy atom. The van der Waals surface area contributed by atoms with E-state index in [4.69, 9.17) is 4.74 Å². The molecule has 3 heteroatoms. The van der Waals surface area contributed by atoms with E-state index in [9.17, 15) is 0 Å². The fraction of sp³-hybridized carbons (Fsp3) is 0.455. The zero-order valence-electron chi connectivity index (χ0n) is 8.00. The Balaban J connectivity index is 1.86. The van der Waals surface area contributed by atoms with Crippen molar-refractivity contribution < 1.29 is 4.74 Å². The van der Waals surface area contributed by atoms with Crippen LogP contribution in [0.3, 0.4) is 0 Å². The van der Waals surface area contributed by atoms with E-state index in [1.165, 1.54) is 5.56 Å². The van der Waals surface area contributed by atoms with Crippen LogP contribution in [0.2, 0.25) is 0 Å². The van der Waals surface area contributed by atoms with Gasteiger partial charge in [0.1, 0.15) is 11.9 Å². The molecule has 1 N–H and O–H groups in total. The molecule has 0 bridgehead atoms. The van der Waals surface area contributed by atoms with Gasteiger partial charge in [-0.15, -0.1) is 0 Å². The molecular formula is C11H14INO. The average molecular weight is 303 g/mol. The van der Waals surface area contributed by atoms with Gasteiger partial charge in [-0.3, -0.25) is 0 Å². The predicted octanol–water partition coefficient (Wildman–Crippen LogP) is 2.01. The highest BCUT2D eigenvalue weighted by Crippen LogP contribution is 2.27. The predicted molar refractivity (Wildman–Crippen MR) is 66.3 cm³/mol. The summed E-state index contributed by atoms with van der Waals surface area (Å²) in [6.45, 7) is 2.02. The molecule has 0 fully saturated rings. The van der Waals surface area contributed by atoms with Crippen LogP contribution in [0.25, 0.3) is 0 Å². The van der Waals surface area contributed by atoms with Gasteiger partial charge < -0.3 is 10.1 Å². The van der Waals surface area contributed by atoms with Crippen LogP contribution in [0.15, 0.2) is 24.3 Å². The first-order chi connectivity index (χ1) is 6.90. The molecule has 0 amide bonds. The van der Waals surface area contributed by atoms with E-state index in [0.29, 0.717) is 6.10 Å². The largest absolute Gasteiger partial charge is 0.488 e. The number of alkyl halides is 1. The second-order valence-corrected chi connectivity index (χ2v) is 4.52. The third-order valence-corrected chi connectivity index (χ3v) is 2.90. The Hall–Kier alpha value is -0.290. The third kappa shape index (κ3) is 2.39. The Bertz CT molecular complexity index is 278. The van der Waals surface area contributed by atoms with Crippen LogP contribution >= 0.6 is 22.6 Å². The lowest BCUT2D eigenvalue weighted by Crippen LogP contribution is -2.31. The first-order valence-corrected chi connectivity index (χ1v) is 6.44. The van der Waals surface area contributed by atoms with Crippen molar-refractivity contribution in [1.29, 1.82) is 0 Å². The molecule has 0 radical (unpaired) electrons. The molecule has 0 saturated carbocycles. The van der Waals surface area contributed by atoms with Gasteiger partial charge in [-0.2, -0.15) is 0 Å². The Morgan fingerprint density at radius 3 is 3.07 bits per heavy atom. The Labute approximate surface area is 98.2 Å². The maximum Gasteiger partial charge on any atom is 0.123 e. The van der Waals surface area contributed by atoms with Gasteiger partial charge in [0.2, 0.25) is 0 Å². The zero-order valence-corrected chi connectivity index (χ0v) is 10.2. The molecule has 1 aromatic carbocycles. The van der Waals surface area contributed by atoms with Gasteiger partial charge in [-0.1, -0.05) is 40.8 Å². The smallest absolute Gasteiger partial charge is 0.123 e. The second-order valence-electron chi connectivity index (χ2n) is 3.44. The molecule has 1 aromatic rings. The van der Waals surface area contributed by atoms with Gasteiger partial charge in [0.05, 0.1) is 0 Å². The van der Waals surface area contributed by atoms with E-state index < -0.39 is 0 Å². The summed E-state index contributed by atoms with van der Waals surface area (Å²) in [4.78, 5) is 0. The van der Waals surface area contributed by atoms with Gasteiger partial charge in [0, 0.05) is 23.9 Å². The lowest BCUT2D eigenvalue weighted by molar-refractivity contribution is 0.229. The van der Waals surface area contributed by atoms with Crippen LogP contribution in [-0.4, -0.2) is 23.6 Å². The number of nitrogens with one attached hydrogen (secondary N) is 1. The molecule has 1 aliphatic heterocycles. The molecule has 0 aliphatic carbocycles. The lowest BCUT2D eigenvalue weighted by atomic mass is 10.1. The molecule has 2 rings (SSSR count). The summed E-state index contributed by atoms with van der Waals surface area (Å²) >= 11 is 2.37. The van der Waals surface area contributed by atoms with Crippen LogP contribution in [0.4, 0.5) is 0 Å². The Morgan fingerprint density at radius 1 is 1.43 bits per heavy atom. The zero-order chi connectivity index (χ0) is 9.80. The molecular weight excluding hydrogens is 289 g/mol. The SMILES string of the molecule is ICCNCC1Cc2ccccc2O1. The molecule has 2 nitrogen and oxygen atoms in total. The normalized spacial score (nSPS) is 19.1. The van der Waals surface area contributed by atoms with Crippen molar-refractivity contribution >= 4 is 22.6 Å². The molecule has 1 atom stereocenters. The van der Waals surface area contributed by atoms with Crippen molar-refractivity contribution in [2.45, 2.75) is 12.5 Å². The number of benzene rings is 1. The van der Waals surface area contributed by atoms with Gasteiger partial charge in [0.25, 0.3) is 0 Å². The van der Waals surface area contributed by atoms with Gasteiger partial charge in [-0.05, 0) is 11.6 Å². The molecule has 0 aromatic heterocycles. The highest BCUT2D eigenvalue weighted by atomic mass is 127. The number of para-hydroxylation sites is 1. The first kappa shape index (κ1) is 10.2. The van der Waals surface area contributed by atoms with Crippen molar-refractivity contribution in [2.75, 3.05) is 17.5 Å². The molecule has 0 saturated heterocycles. The molecule has 1 heterocycles. The summed E-state index contributed by atoms with van der Waals surface area (Å²) in [7, 11) is 0. The van der Waals surface area contributed by atoms with E-state index in [2.05, 4.69) is 40.0 Å². The molecule has 0 spiro atoms. The minimum Gasteiger partial charge on any atom is -0.488 e. The molecule has 1 aliphatic rings. The van der Waals surface area contributed by atoms with E-state index in [1.54, 1.807) is 0 Å². The topological polar surface area (TPSA) is 21.3 Å². The van der Waals surface area contributed by atoms with E-state index in [0.717, 1.165) is 29.7 Å². The van der Waals surface area contributed by atoms with Crippen LogP contribution < -0.4 is 10.1 Å². The van der Waals surface area contributed by atoms with E-state index >= 15 is 0 Å². The highest BCUT2D eigenvalue weighted by molar-refractivity contribution is 14.1. The summed E-state index contributed by atoms with van der Waals surface area (Å²) in [5, 5.41) is 3.38. The number of hydrogen-bond acceptors (Lipinski definition) is 2. The van der Waals surface area contributed by atoms with Crippen LogP contribution in [0.1, 0.15) is 5.56 Å². The summed E-state index contributed by atoms with van der Waals surface area (Å²) in [6.07, 6.45) is 1.38. The summed E-state index contributed by atoms with van der Waals surface area (Å²) < 4.78 is 6.94. The van der Waals surface area contributed by atoms with Crippen molar-refractivity contribution in [3.05, 3.63) is 29.8 Å². The van der Waals surface area contributed by atoms with Crippen molar-refractivity contribution in [3.8, 4) is 5.75 Å². The first-order valence-electron chi connectivity index (χ1n) is 4.91. The van der Waals surface area contributed by atoms with E-state index in [1.807, 2.05) is 12.1 Å². The van der Waals surface area contributed by atoms with Gasteiger partial charge >= 0.3 is 0 Å². The Kier molecular flexibility index (Phi) is 3.64. The number of rotatable bonds is 4. The van der Waals surface area contributed by atoms with Crippen molar-refractivity contribution in [2.24, 2.45) is 0 Å². The van der Waals surface area contributed by atoms with Gasteiger partial charge in [-0.25, -0.2) is 0 Å². The number of ether oxygens (including phenoxy) is 1. The highest BCUT2D eigenvalue weighted by Gasteiger charge is 2.21. The minimum atomic E-state index is 0.329. The van der Waals surface area contributed by atoms with Crippen molar-refractivity contribution in [1.82, 2.24) is 5.32 Å². The molecule has 76 valence electrons. The monoisotopic (exact) mass is 303 g/mol. The number of halogens is 1. The fourth-order valence-corrected chi connectivity index (χ4v) is 2.08. The summed E-state index contributed by atoms with van der Waals surface area (Å²) in [6, 6.07) is 8.30. The summed E-state index contributed by atoms with van der Waals surface area (Å²) in [5.41, 5.74) is 1.34. The van der Waals surface area contributed by atoms with Crippen molar-refractivity contribution in [3.63, 3.8) is 0 Å². The maximum absolute atomic E-state index is 5.79. The third-order valence-electron chi connectivity index (χ3n) is 2.36. The quantitative estimate of drug-likeness (QED) is 0.522. The van der Waals surface area contributed by atoms with Gasteiger partial charge in [0.15, 0.2) is 0 Å². The lowest BCUT2D eigenvalue weighted by Gasteiger charge is -2.10. The minimum absolute atomic E-state index is 0.329.